The molecule has 0 spiro atoms. The maximum atomic E-state index is 2.51. The largest absolute Gasteiger partial charge is 0.310 e. The van der Waals surface area contributed by atoms with Crippen molar-refractivity contribution in [1.29, 1.82) is 0 Å². The minimum atomic E-state index is 0.0885. The Labute approximate surface area is 293 Å². The van der Waals surface area contributed by atoms with Gasteiger partial charge in [-0.1, -0.05) is 99.7 Å². The van der Waals surface area contributed by atoms with Gasteiger partial charge in [-0.3, -0.25) is 0 Å². The first-order valence-corrected chi connectivity index (χ1v) is 17.6. The molecule has 0 fully saturated rings. The summed E-state index contributed by atoms with van der Waals surface area (Å²) in [7, 11) is 0. The van der Waals surface area contributed by atoms with E-state index in [1.165, 1.54) is 77.7 Å². The molecular formula is C47H48N2. The van der Waals surface area contributed by atoms with Crippen molar-refractivity contribution in [3.63, 3.8) is 0 Å². The van der Waals surface area contributed by atoms with E-state index in [9.17, 15) is 0 Å². The van der Waals surface area contributed by atoms with Gasteiger partial charge in [0.15, 0.2) is 0 Å². The molecule has 49 heavy (non-hydrogen) atoms. The average molecular weight is 641 g/mol. The highest BCUT2D eigenvalue weighted by atomic mass is 15.2. The highest BCUT2D eigenvalue weighted by Crippen LogP contribution is 2.51. The Balaban J connectivity index is 1.60. The number of hydrogen-bond acceptors (Lipinski definition) is 2. The normalized spacial score (nSPS) is 15.4. The third-order valence-corrected chi connectivity index (χ3v) is 11.1. The number of hydrogen-bond donors (Lipinski definition) is 0. The minimum Gasteiger partial charge on any atom is -0.310 e. The van der Waals surface area contributed by atoms with E-state index >= 15 is 0 Å². The molecule has 0 heterocycles. The highest BCUT2D eigenvalue weighted by molar-refractivity contribution is 6.23. The van der Waals surface area contributed by atoms with Crippen molar-refractivity contribution in [1.82, 2.24) is 0 Å². The third-order valence-electron chi connectivity index (χ3n) is 11.1. The summed E-state index contributed by atoms with van der Waals surface area (Å²) in [6.07, 6.45) is 7.19. The van der Waals surface area contributed by atoms with Crippen molar-refractivity contribution in [3.8, 4) is 0 Å². The molecule has 2 heteroatoms. The third kappa shape index (κ3) is 5.74. The first kappa shape index (κ1) is 32.5. The van der Waals surface area contributed by atoms with Crippen LogP contribution in [0.4, 0.5) is 28.4 Å². The molecule has 6 aromatic rings. The van der Waals surface area contributed by atoms with Gasteiger partial charge in [0.2, 0.25) is 0 Å². The molecule has 1 atom stereocenters. The van der Waals surface area contributed by atoms with Crippen LogP contribution in [0, 0.1) is 52.9 Å². The fourth-order valence-corrected chi connectivity index (χ4v) is 7.10. The number of aryl methyl sites for hydroxylation is 6. The molecule has 1 aliphatic carbocycles. The molecule has 2 nitrogen and oxygen atoms in total. The van der Waals surface area contributed by atoms with Crippen LogP contribution in [-0.4, -0.2) is 0 Å². The number of anilines is 5. The van der Waals surface area contributed by atoms with Crippen LogP contribution in [0.1, 0.15) is 54.2 Å². The second-order valence-corrected chi connectivity index (χ2v) is 14.8. The molecule has 0 saturated carbocycles. The number of nitrogens with zero attached hydrogens (tertiary/aromatic N) is 2. The van der Waals surface area contributed by atoms with Crippen molar-refractivity contribution in [2.75, 3.05) is 9.80 Å². The zero-order valence-corrected chi connectivity index (χ0v) is 30.5. The van der Waals surface area contributed by atoms with E-state index < -0.39 is 0 Å². The minimum absolute atomic E-state index is 0.0885. The number of fused-ring (bicyclic) bond motifs is 2. The monoisotopic (exact) mass is 640 g/mol. The van der Waals surface area contributed by atoms with Gasteiger partial charge < -0.3 is 9.80 Å². The molecule has 0 saturated heterocycles. The summed E-state index contributed by atoms with van der Waals surface area (Å²) in [5, 5.41) is 4.88. The van der Waals surface area contributed by atoms with E-state index in [1.54, 1.807) is 0 Å². The summed E-state index contributed by atoms with van der Waals surface area (Å²) in [6.45, 7) is 20.2. The number of benzene rings is 6. The lowest BCUT2D eigenvalue weighted by atomic mass is 9.76. The molecule has 0 bridgehead atoms. The van der Waals surface area contributed by atoms with Gasteiger partial charge in [0, 0.05) is 44.3 Å². The Morgan fingerprint density at radius 2 is 0.837 bits per heavy atom. The topological polar surface area (TPSA) is 6.48 Å². The molecular weight excluding hydrogens is 593 g/mol. The Kier molecular flexibility index (Phi) is 8.23. The van der Waals surface area contributed by atoms with Gasteiger partial charge in [0.1, 0.15) is 0 Å². The summed E-state index contributed by atoms with van der Waals surface area (Å²) >= 11 is 0. The standard InChI is InChI=1S/C47H48N2/c1-30-18-21-37(26-33(30)4)48(38-22-19-31(2)34(5)27-38)45-41-14-10-12-16-43(41)46(44-17-13-11-15-42(44)45)49(39-23-20-32(3)35(6)28-39)40-24-25-47(8,9)36(7)29-40/h10-29,36H,1-9H3. The fraction of sp³-hybridized carbons (Fsp3) is 0.234. The molecule has 1 unspecified atom stereocenters. The summed E-state index contributed by atoms with van der Waals surface area (Å²) in [5.74, 6) is 0.378. The first-order valence-electron chi connectivity index (χ1n) is 17.6. The van der Waals surface area contributed by atoms with Gasteiger partial charge in [0.05, 0.1) is 11.4 Å². The summed E-state index contributed by atoms with van der Waals surface area (Å²) in [5.41, 5.74) is 14.9. The van der Waals surface area contributed by atoms with Gasteiger partial charge in [-0.25, -0.2) is 0 Å². The Bertz CT molecular complexity index is 2190. The Morgan fingerprint density at radius 3 is 1.20 bits per heavy atom. The maximum absolute atomic E-state index is 2.51. The van der Waals surface area contributed by atoms with Gasteiger partial charge in [-0.05, 0) is 129 Å². The number of rotatable bonds is 6. The van der Waals surface area contributed by atoms with E-state index in [-0.39, 0.29) is 5.41 Å². The van der Waals surface area contributed by atoms with Crippen LogP contribution >= 0.6 is 0 Å². The lowest BCUT2D eigenvalue weighted by molar-refractivity contribution is 0.361. The number of allylic oxidation sites excluding steroid dienone is 3. The molecule has 7 rings (SSSR count). The molecule has 0 aliphatic heterocycles. The van der Waals surface area contributed by atoms with Crippen molar-refractivity contribution in [2.45, 2.75) is 62.3 Å². The van der Waals surface area contributed by atoms with Crippen LogP contribution in [0.5, 0.6) is 0 Å². The predicted molar refractivity (Wildman–Crippen MR) is 213 cm³/mol. The lowest BCUT2D eigenvalue weighted by Crippen LogP contribution is -2.25. The van der Waals surface area contributed by atoms with Crippen molar-refractivity contribution in [3.05, 3.63) is 160 Å². The van der Waals surface area contributed by atoms with E-state index in [1.807, 2.05) is 0 Å². The maximum Gasteiger partial charge on any atom is 0.0619 e. The van der Waals surface area contributed by atoms with Crippen LogP contribution in [-0.2, 0) is 0 Å². The van der Waals surface area contributed by atoms with Crippen LogP contribution in [0.3, 0.4) is 0 Å². The SMILES string of the molecule is Cc1ccc(N(C2=CC(C)C(C)(C)C=C2)c2c3ccccc3c(N(c3ccc(C)c(C)c3)c3ccc(C)c(C)c3)c3ccccc23)cc1C. The molecule has 1 aliphatic rings. The molecule has 0 amide bonds. The van der Waals surface area contributed by atoms with Crippen LogP contribution in [0.25, 0.3) is 21.5 Å². The Morgan fingerprint density at radius 1 is 0.469 bits per heavy atom. The molecule has 0 aromatic heterocycles. The summed E-state index contributed by atoms with van der Waals surface area (Å²) in [6, 6.07) is 38.6. The van der Waals surface area contributed by atoms with E-state index in [0.717, 1.165) is 11.4 Å². The van der Waals surface area contributed by atoms with Gasteiger partial charge in [-0.15, -0.1) is 0 Å². The lowest BCUT2D eigenvalue weighted by Gasteiger charge is -2.37. The smallest absolute Gasteiger partial charge is 0.0619 e. The fourth-order valence-electron chi connectivity index (χ4n) is 7.10. The summed E-state index contributed by atoms with van der Waals surface area (Å²) in [4.78, 5) is 5.00. The van der Waals surface area contributed by atoms with Gasteiger partial charge in [-0.2, -0.15) is 0 Å². The zero-order valence-electron chi connectivity index (χ0n) is 30.5. The second-order valence-electron chi connectivity index (χ2n) is 14.8. The van der Waals surface area contributed by atoms with Crippen LogP contribution in [0.2, 0.25) is 0 Å². The average Bonchev–Trinajstić information content (AvgIpc) is 3.08. The van der Waals surface area contributed by atoms with E-state index in [0.29, 0.717) is 5.92 Å². The van der Waals surface area contributed by atoms with Crippen LogP contribution in [0.15, 0.2) is 127 Å². The molecule has 0 N–H and O–H groups in total. The Hall–Kier alpha value is -5.08. The van der Waals surface area contributed by atoms with E-state index in [4.69, 9.17) is 0 Å². The van der Waals surface area contributed by atoms with Crippen molar-refractivity contribution < 1.29 is 0 Å². The molecule has 6 aromatic carbocycles. The first-order chi connectivity index (χ1) is 23.4. The second kappa shape index (κ2) is 12.4. The molecule has 0 radical (unpaired) electrons. The highest BCUT2D eigenvalue weighted by Gasteiger charge is 2.30. The van der Waals surface area contributed by atoms with Crippen molar-refractivity contribution >= 4 is 50.0 Å². The predicted octanol–water partition coefficient (Wildman–Crippen LogP) is 13.6. The summed E-state index contributed by atoms with van der Waals surface area (Å²) < 4.78 is 0. The van der Waals surface area contributed by atoms with Gasteiger partial charge in [0.25, 0.3) is 0 Å². The van der Waals surface area contributed by atoms with E-state index in [2.05, 4.69) is 193 Å². The quantitative estimate of drug-likeness (QED) is 0.132. The van der Waals surface area contributed by atoms with Gasteiger partial charge >= 0.3 is 0 Å². The zero-order chi connectivity index (χ0) is 34.6. The van der Waals surface area contributed by atoms with Crippen molar-refractivity contribution in [2.24, 2.45) is 11.3 Å². The molecule has 246 valence electrons. The van der Waals surface area contributed by atoms with Crippen LogP contribution < -0.4 is 9.80 Å².